The first-order valence-corrected chi connectivity index (χ1v) is 3.84. The van der Waals surface area contributed by atoms with Crippen LogP contribution < -0.4 is 0 Å². The van der Waals surface area contributed by atoms with Crippen LogP contribution >= 0.6 is 0 Å². The van der Waals surface area contributed by atoms with E-state index in [4.69, 9.17) is 5.11 Å². The van der Waals surface area contributed by atoms with Gasteiger partial charge < -0.3 is 14.4 Å². The lowest BCUT2D eigenvalue weighted by Crippen LogP contribution is -2.05. The number of esters is 1. The van der Waals surface area contributed by atoms with Crippen molar-refractivity contribution in [1.82, 2.24) is 10.1 Å². The number of aliphatic hydroxyl groups is 1. The molecule has 6 heteroatoms. The third-order valence-electron chi connectivity index (χ3n) is 1.27. The van der Waals surface area contributed by atoms with E-state index in [1.54, 1.807) is 6.92 Å². The van der Waals surface area contributed by atoms with Crippen molar-refractivity contribution < 1.29 is 19.2 Å². The fraction of sp³-hybridized carbons (Fsp3) is 0.571. The number of carbonyl (C=O) groups is 1. The SMILES string of the molecule is CCOC(=O)c1nc(C(C)O)no1. The van der Waals surface area contributed by atoms with Crippen LogP contribution in [0.25, 0.3) is 0 Å². The molecule has 0 fully saturated rings. The van der Waals surface area contributed by atoms with Gasteiger partial charge in [-0.3, -0.25) is 0 Å². The molecule has 0 spiro atoms. The second-order valence-corrected chi connectivity index (χ2v) is 2.35. The Labute approximate surface area is 74.5 Å². The quantitative estimate of drug-likeness (QED) is 0.683. The summed E-state index contributed by atoms with van der Waals surface area (Å²) in [5, 5.41) is 12.4. The Morgan fingerprint density at radius 1 is 1.77 bits per heavy atom. The van der Waals surface area contributed by atoms with E-state index in [1.165, 1.54) is 6.92 Å². The summed E-state index contributed by atoms with van der Waals surface area (Å²) in [7, 11) is 0. The number of rotatable bonds is 3. The highest BCUT2D eigenvalue weighted by Gasteiger charge is 2.17. The molecule has 0 bridgehead atoms. The average molecular weight is 186 g/mol. The van der Waals surface area contributed by atoms with Crippen LogP contribution in [0.3, 0.4) is 0 Å². The second-order valence-electron chi connectivity index (χ2n) is 2.35. The Morgan fingerprint density at radius 3 is 2.92 bits per heavy atom. The molecule has 0 amide bonds. The maximum Gasteiger partial charge on any atom is 0.397 e. The standard InChI is InChI=1S/C7H10N2O4/c1-3-12-7(11)6-8-5(4(2)10)9-13-6/h4,10H,3H2,1-2H3. The van der Waals surface area contributed by atoms with Gasteiger partial charge in [0.1, 0.15) is 6.10 Å². The van der Waals surface area contributed by atoms with E-state index in [2.05, 4.69) is 19.4 Å². The molecule has 1 aromatic rings. The van der Waals surface area contributed by atoms with Crippen molar-refractivity contribution in [3.05, 3.63) is 11.7 Å². The Morgan fingerprint density at radius 2 is 2.46 bits per heavy atom. The minimum absolute atomic E-state index is 0.0723. The van der Waals surface area contributed by atoms with Gasteiger partial charge in [0, 0.05) is 0 Å². The molecule has 72 valence electrons. The highest BCUT2D eigenvalue weighted by Crippen LogP contribution is 2.07. The van der Waals surface area contributed by atoms with Crippen LogP contribution in [0.15, 0.2) is 4.52 Å². The van der Waals surface area contributed by atoms with Crippen LogP contribution in [0.5, 0.6) is 0 Å². The fourth-order valence-corrected chi connectivity index (χ4v) is 0.680. The van der Waals surface area contributed by atoms with Crippen molar-refractivity contribution in [3.63, 3.8) is 0 Å². The minimum Gasteiger partial charge on any atom is -0.459 e. The third-order valence-corrected chi connectivity index (χ3v) is 1.27. The van der Waals surface area contributed by atoms with E-state index in [0.717, 1.165) is 0 Å². The Kier molecular flexibility index (Phi) is 2.97. The van der Waals surface area contributed by atoms with E-state index >= 15 is 0 Å². The van der Waals surface area contributed by atoms with Crippen molar-refractivity contribution in [2.45, 2.75) is 20.0 Å². The van der Waals surface area contributed by atoms with Crippen molar-refractivity contribution in [1.29, 1.82) is 0 Å². The van der Waals surface area contributed by atoms with Gasteiger partial charge in [-0.2, -0.15) is 4.98 Å². The van der Waals surface area contributed by atoms with Gasteiger partial charge in [-0.1, -0.05) is 5.16 Å². The molecule has 0 aromatic carbocycles. The van der Waals surface area contributed by atoms with Crippen LogP contribution in [-0.4, -0.2) is 27.8 Å². The molecular weight excluding hydrogens is 176 g/mol. The highest BCUT2D eigenvalue weighted by molar-refractivity contribution is 5.83. The summed E-state index contributed by atoms with van der Waals surface area (Å²) in [6, 6.07) is 0. The van der Waals surface area contributed by atoms with E-state index < -0.39 is 12.1 Å². The molecule has 13 heavy (non-hydrogen) atoms. The van der Waals surface area contributed by atoms with Gasteiger partial charge in [-0.05, 0) is 13.8 Å². The van der Waals surface area contributed by atoms with Crippen molar-refractivity contribution in [3.8, 4) is 0 Å². The van der Waals surface area contributed by atoms with Crippen molar-refractivity contribution in [2.75, 3.05) is 6.61 Å². The molecule has 0 aliphatic carbocycles. The third kappa shape index (κ3) is 2.25. The van der Waals surface area contributed by atoms with Crippen molar-refractivity contribution in [2.24, 2.45) is 0 Å². The van der Waals surface area contributed by atoms with E-state index in [0.29, 0.717) is 0 Å². The maximum atomic E-state index is 11.0. The average Bonchev–Trinajstić information content (AvgIpc) is 2.52. The number of hydrogen-bond donors (Lipinski definition) is 1. The molecule has 6 nitrogen and oxygen atoms in total. The molecule has 0 aliphatic rings. The Hall–Kier alpha value is -1.43. The largest absolute Gasteiger partial charge is 0.459 e. The van der Waals surface area contributed by atoms with Gasteiger partial charge in [0.2, 0.25) is 5.82 Å². The summed E-state index contributed by atoms with van der Waals surface area (Å²) in [5.74, 6) is -0.845. The summed E-state index contributed by atoms with van der Waals surface area (Å²) >= 11 is 0. The molecule has 0 saturated heterocycles. The second kappa shape index (κ2) is 3.99. The molecule has 0 aliphatic heterocycles. The highest BCUT2D eigenvalue weighted by atomic mass is 16.6. The van der Waals surface area contributed by atoms with Crippen LogP contribution in [0.4, 0.5) is 0 Å². The number of nitrogens with zero attached hydrogens (tertiary/aromatic N) is 2. The molecule has 1 atom stereocenters. The van der Waals surface area contributed by atoms with Gasteiger partial charge in [0.25, 0.3) is 0 Å². The minimum atomic E-state index is -0.855. The van der Waals surface area contributed by atoms with Crippen LogP contribution in [-0.2, 0) is 4.74 Å². The van der Waals surface area contributed by atoms with Crippen LogP contribution in [0.2, 0.25) is 0 Å². The first-order valence-electron chi connectivity index (χ1n) is 3.84. The summed E-state index contributed by atoms with van der Waals surface area (Å²) in [5.41, 5.74) is 0. The Balaban J connectivity index is 2.73. The molecule has 1 heterocycles. The molecule has 1 rings (SSSR count). The summed E-state index contributed by atoms with van der Waals surface area (Å²) in [4.78, 5) is 14.6. The first-order chi connectivity index (χ1) is 6.15. The maximum absolute atomic E-state index is 11.0. The van der Waals surface area contributed by atoms with Gasteiger partial charge in [-0.15, -0.1) is 0 Å². The molecule has 0 saturated carbocycles. The predicted molar refractivity (Wildman–Crippen MR) is 40.9 cm³/mol. The lowest BCUT2D eigenvalue weighted by Gasteiger charge is -1.94. The monoisotopic (exact) mass is 186 g/mol. The zero-order chi connectivity index (χ0) is 9.84. The molecule has 0 radical (unpaired) electrons. The molecule has 1 unspecified atom stereocenters. The fourth-order valence-electron chi connectivity index (χ4n) is 0.680. The van der Waals surface area contributed by atoms with Gasteiger partial charge >= 0.3 is 11.9 Å². The van der Waals surface area contributed by atoms with E-state index in [9.17, 15) is 4.79 Å². The molecule has 1 aromatic heterocycles. The van der Waals surface area contributed by atoms with Crippen LogP contribution in [0, 0.1) is 0 Å². The summed E-state index contributed by atoms with van der Waals surface area (Å²) in [6.07, 6.45) is -0.855. The first kappa shape index (κ1) is 9.66. The van der Waals surface area contributed by atoms with Crippen LogP contribution in [0.1, 0.15) is 36.5 Å². The lowest BCUT2D eigenvalue weighted by atomic mass is 10.4. The smallest absolute Gasteiger partial charge is 0.397 e. The number of aromatic nitrogens is 2. The van der Waals surface area contributed by atoms with Gasteiger partial charge in [0.15, 0.2) is 0 Å². The number of carbonyl (C=O) groups excluding carboxylic acids is 1. The molecular formula is C7H10N2O4. The van der Waals surface area contributed by atoms with Gasteiger partial charge in [-0.25, -0.2) is 4.79 Å². The van der Waals surface area contributed by atoms with Crippen molar-refractivity contribution >= 4 is 5.97 Å². The normalized spacial score (nSPS) is 12.5. The topological polar surface area (TPSA) is 85.5 Å². The predicted octanol–water partition coefficient (Wildman–Crippen LogP) is 0.300. The van der Waals surface area contributed by atoms with E-state index in [-0.39, 0.29) is 18.3 Å². The zero-order valence-electron chi connectivity index (χ0n) is 7.35. The Bertz CT molecular complexity index is 294. The summed E-state index contributed by atoms with van der Waals surface area (Å²) in [6.45, 7) is 3.38. The lowest BCUT2D eigenvalue weighted by molar-refractivity contribution is 0.0470. The zero-order valence-corrected chi connectivity index (χ0v) is 7.35. The summed E-state index contributed by atoms with van der Waals surface area (Å²) < 4.78 is 9.15. The number of hydrogen-bond acceptors (Lipinski definition) is 6. The van der Waals surface area contributed by atoms with E-state index in [1.807, 2.05) is 0 Å². The molecule has 1 N–H and O–H groups in total. The number of ether oxygens (including phenoxy) is 1. The van der Waals surface area contributed by atoms with Gasteiger partial charge in [0.05, 0.1) is 6.61 Å². The number of aliphatic hydroxyl groups excluding tert-OH is 1.